The zero-order valence-electron chi connectivity index (χ0n) is 11.7. The molecular weight excluding hydrogens is 324 g/mol. The van der Waals surface area contributed by atoms with Gasteiger partial charge in [-0.15, -0.1) is 0 Å². The maximum Gasteiger partial charge on any atom is 0.288 e. The van der Waals surface area contributed by atoms with Crippen LogP contribution in [0.25, 0.3) is 0 Å². The summed E-state index contributed by atoms with van der Waals surface area (Å²) in [5.74, 6) is -2.47. The van der Waals surface area contributed by atoms with E-state index in [1.807, 2.05) is 10.3 Å². The number of benzene rings is 1. The van der Waals surface area contributed by atoms with E-state index in [2.05, 4.69) is 11.4 Å². The molecule has 0 bridgehead atoms. The van der Waals surface area contributed by atoms with Crippen molar-refractivity contribution in [2.45, 2.75) is 29.5 Å². The van der Waals surface area contributed by atoms with Crippen LogP contribution in [-0.4, -0.2) is 23.1 Å². The Morgan fingerprint density at radius 1 is 1.27 bits per heavy atom. The van der Waals surface area contributed by atoms with Gasteiger partial charge in [0.1, 0.15) is 0 Å². The molecule has 1 aromatic carbocycles. The Bertz CT molecular complexity index is 628. The van der Waals surface area contributed by atoms with Gasteiger partial charge in [0.2, 0.25) is 0 Å². The van der Waals surface area contributed by atoms with Gasteiger partial charge in [-0.1, -0.05) is 11.8 Å². The number of amides is 1. The van der Waals surface area contributed by atoms with Crippen molar-refractivity contribution < 1.29 is 13.6 Å². The summed E-state index contributed by atoms with van der Waals surface area (Å²) in [6.45, 7) is 0.743. The molecule has 2 heterocycles. The van der Waals surface area contributed by atoms with Gasteiger partial charge in [0, 0.05) is 17.0 Å². The highest BCUT2D eigenvalue weighted by atomic mass is 32.2. The van der Waals surface area contributed by atoms with Gasteiger partial charge < -0.3 is 4.90 Å². The number of halogens is 2. The van der Waals surface area contributed by atoms with Crippen molar-refractivity contribution >= 4 is 29.0 Å². The average molecular weight is 339 g/mol. The first-order valence-electron chi connectivity index (χ1n) is 7.03. The highest BCUT2D eigenvalue weighted by Crippen LogP contribution is 2.34. The van der Waals surface area contributed by atoms with Crippen LogP contribution in [0.3, 0.4) is 0 Å². The van der Waals surface area contributed by atoms with Crippen molar-refractivity contribution in [3.05, 3.63) is 52.2 Å². The van der Waals surface area contributed by atoms with Gasteiger partial charge in [-0.2, -0.15) is 20.1 Å². The largest absolute Gasteiger partial charge is 0.332 e. The summed E-state index contributed by atoms with van der Waals surface area (Å²) in [5, 5.41) is 4.10. The Labute approximate surface area is 136 Å². The van der Waals surface area contributed by atoms with Crippen LogP contribution < -0.4 is 0 Å². The van der Waals surface area contributed by atoms with Crippen molar-refractivity contribution in [3.63, 3.8) is 0 Å². The quantitative estimate of drug-likeness (QED) is 0.727. The number of carbonyl (C=O) groups is 1. The van der Waals surface area contributed by atoms with Crippen molar-refractivity contribution in [2.75, 3.05) is 6.54 Å². The number of likely N-dealkylation sites (tertiary alicyclic amines) is 1. The molecule has 22 heavy (non-hydrogen) atoms. The molecule has 0 N–H and O–H groups in total. The molecule has 1 aliphatic rings. The molecule has 0 radical (unpaired) electrons. The van der Waals surface area contributed by atoms with Crippen LogP contribution >= 0.6 is 23.1 Å². The summed E-state index contributed by atoms with van der Waals surface area (Å²) in [7, 11) is 0. The normalized spacial score (nSPS) is 18.1. The Morgan fingerprint density at radius 3 is 2.68 bits per heavy atom. The molecule has 3 rings (SSSR count). The molecule has 116 valence electrons. The monoisotopic (exact) mass is 339 g/mol. The number of hydrogen-bond donors (Lipinski definition) is 0. The Kier molecular flexibility index (Phi) is 4.78. The third-order valence-electron chi connectivity index (χ3n) is 3.77. The van der Waals surface area contributed by atoms with Gasteiger partial charge in [-0.3, -0.25) is 4.79 Å². The van der Waals surface area contributed by atoms with E-state index in [0.29, 0.717) is 22.2 Å². The SMILES string of the molecule is O=C(c1ccc(SC(F)F)cc1)N1CCCC1c1ccsc1. The van der Waals surface area contributed by atoms with E-state index in [4.69, 9.17) is 0 Å². The predicted molar refractivity (Wildman–Crippen MR) is 85.6 cm³/mol. The molecule has 1 amide bonds. The van der Waals surface area contributed by atoms with Gasteiger partial charge in [0.15, 0.2) is 0 Å². The molecule has 1 fully saturated rings. The number of nitrogens with zero attached hydrogens (tertiary/aromatic N) is 1. The third-order valence-corrected chi connectivity index (χ3v) is 5.19. The van der Waals surface area contributed by atoms with Crippen LogP contribution in [0.5, 0.6) is 0 Å². The van der Waals surface area contributed by atoms with Crippen LogP contribution in [-0.2, 0) is 0 Å². The predicted octanol–water partition coefficient (Wildman–Crippen LogP) is 5.04. The van der Waals surface area contributed by atoms with Crippen LogP contribution in [0, 0.1) is 0 Å². The zero-order valence-corrected chi connectivity index (χ0v) is 13.4. The first-order chi connectivity index (χ1) is 10.6. The molecule has 1 aliphatic heterocycles. The van der Waals surface area contributed by atoms with E-state index in [-0.39, 0.29) is 11.9 Å². The molecule has 0 aliphatic carbocycles. The van der Waals surface area contributed by atoms with Crippen LogP contribution in [0.4, 0.5) is 8.78 Å². The summed E-state index contributed by atoms with van der Waals surface area (Å²) in [4.78, 5) is 15.0. The standard InChI is InChI=1S/C16H15F2NOS2/c17-16(18)22-13-5-3-11(4-6-13)15(20)19-8-1-2-14(19)12-7-9-21-10-12/h3-7,9-10,14,16H,1-2,8H2. The smallest absolute Gasteiger partial charge is 0.288 e. The fraction of sp³-hybridized carbons (Fsp3) is 0.312. The fourth-order valence-electron chi connectivity index (χ4n) is 2.77. The van der Waals surface area contributed by atoms with Crippen molar-refractivity contribution in [1.82, 2.24) is 4.90 Å². The number of rotatable bonds is 4. The van der Waals surface area contributed by atoms with Crippen molar-refractivity contribution in [1.29, 1.82) is 0 Å². The summed E-state index contributed by atoms with van der Waals surface area (Å²) in [5.41, 5.74) is 1.74. The minimum absolute atomic E-state index is 0.0257. The average Bonchev–Trinajstić information content (AvgIpc) is 3.17. The molecule has 2 nitrogen and oxygen atoms in total. The number of thioether (sulfide) groups is 1. The lowest BCUT2D eigenvalue weighted by atomic mass is 10.1. The lowest BCUT2D eigenvalue weighted by molar-refractivity contribution is 0.0736. The molecule has 0 spiro atoms. The summed E-state index contributed by atoms with van der Waals surface area (Å²) in [6.07, 6.45) is 1.97. The molecule has 1 atom stereocenters. The van der Waals surface area contributed by atoms with Gasteiger partial charge >= 0.3 is 0 Å². The molecule has 1 saturated heterocycles. The van der Waals surface area contributed by atoms with E-state index in [9.17, 15) is 13.6 Å². The molecule has 1 unspecified atom stereocenters. The van der Waals surface area contributed by atoms with E-state index in [0.717, 1.165) is 19.4 Å². The number of carbonyl (C=O) groups excluding carboxylic acids is 1. The van der Waals surface area contributed by atoms with Gasteiger partial charge in [0.05, 0.1) is 6.04 Å². The van der Waals surface area contributed by atoms with E-state index < -0.39 is 5.76 Å². The first kappa shape index (κ1) is 15.5. The minimum atomic E-state index is -2.44. The van der Waals surface area contributed by atoms with E-state index in [1.165, 1.54) is 5.56 Å². The van der Waals surface area contributed by atoms with Crippen LogP contribution in [0.1, 0.15) is 34.8 Å². The van der Waals surface area contributed by atoms with Gasteiger partial charge in [-0.25, -0.2) is 0 Å². The van der Waals surface area contributed by atoms with Crippen molar-refractivity contribution in [3.8, 4) is 0 Å². The number of hydrogen-bond acceptors (Lipinski definition) is 3. The lowest BCUT2D eigenvalue weighted by Crippen LogP contribution is -2.30. The number of alkyl halides is 2. The first-order valence-corrected chi connectivity index (χ1v) is 8.85. The molecular formula is C16H15F2NOS2. The summed E-state index contributed by atoms with van der Waals surface area (Å²) < 4.78 is 24.6. The Morgan fingerprint density at radius 2 is 2.05 bits per heavy atom. The van der Waals surface area contributed by atoms with Gasteiger partial charge in [-0.05, 0) is 59.5 Å². The number of thiophene rings is 1. The second-order valence-electron chi connectivity index (χ2n) is 5.12. The van der Waals surface area contributed by atoms with E-state index >= 15 is 0 Å². The molecule has 0 saturated carbocycles. The molecule has 2 aromatic rings. The highest BCUT2D eigenvalue weighted by molar-refractivity contribution is 7.99. The zero-order chi connectivity index (χ0) is 15.5. The summed E-state index contributed by atoms with van der Waals surface area (Å²) in [6, 6.07) is 8.63. The maximum atomic E-state index is 12.7. The van der Waals surface area contributed by atoms with Crippen LogP contribution in [0.2, 0.25) is 0 Å². The third kappa shape index (κ3) is 3.33. The maximum absolute atomic E-state index is 12.7. The molecule has 1 aromatic heterocycles. The lowest BCUT2D eigenvalue weighted by Gasteiger charge is -2.24. The Hall–Kier alpha value is -1.40. The van der Waals surface area contributed by atoms with E-state index in [1.54, 1.807) is 35.6 Å². The summed E-state index contributed by atoms with van der Waals surface area (Å²) >= 11 is 2.12. The Balaban J connectivity index is 1.75. The second-order valence-corrected chi connectivity index (χ2v) is 6.96. The highest BCUT2D eigenvalue weighted by Gasteiger charge is 2.30. The topological polar surface area (TPSA) is 20.3 Å². The van der Waals surface area contributed by atoms with Crippen LogP contribution in [0.15, 0.2) is 46.0 Å². The van der Waals surface area contributed by atoms with Gasteiger partial charge in [0.25, 0.3) is 11.7 Å². The fourth-order valence-corrected chi connectivity index (χ4v) is 3.97. The minimum Gasteiger partial charge on any atom is -0.332 e. The second kappa shape index (κ2) is 6.79. The van der Waals surface area contributed by atoms with Crippen molar-refractivity contribution in [2.24, 2.45) is 0 Å². The molecule has 6 heteroatoms.